The monoisotopic (exact) mass is 606 g/mol. The fourth-order valence-electron chi connectivity index (χ4n) is 3.19. The molecule has 2 aliphatic heterocycles. The smallest absolute Gasteiger partial charge is 0.211 e. The lowest BCUT2D eigenvalue weighted by Crippen LogP contribution is -2.07. The average molecular weight is 607 g/mol. The molecule has 0 aromatic heterocycles. The van der Waals surface area contributed by atoms with E-state index in [0.717, 1.165) is 46.0 Å². The van der Waals surface area contributed by atoms with Crippen LogP contribution < -0.4 is 0 Å². The standard InChI is InChI=1S/C24H30O2S8/c1-3-21(25)29-11-19-13-31-23(33-19)15-27-9-17-6-5-7-18(8-17)10-28-16-24-32-14-20(34-24)12-30-22(26)4-2/h3-8,19-20,23-24H,1-2,9-16H2. The Hall–Kier alpha value is 0.840. The van der Waals surface area contributed by atoms with Crippen LogP contribution in [0.2, 0.25) is 0 Å². The van der Waals surface area contributed by atoms with Crippen molar-refractivity contribution in [3.05, 3.63) is 60.7 Å². The minimum atomic E-state index is 0.0856. The van der Waals surface area contributed by atoms with Crippen molar-refractivity contribution in [3.8, 4) is 0 Å². The first-order chi connectivity index (χ1) is 16.6. The molecule has 0 amide bonds. The summed E-state index contributed by atoms with van der Waals surface area (Å²) in [5.74, 6) is 8.50. The molecule has 0 N–H and O–H groups in total. The highest BCUT2D eigenvalue weighted by molar-refractivity contribution is 8.23. The van der Waals surface area contributed by atoms with Crippen molar-refractivity contribution in [2.75, 3.05) is 34.5 Å². The maximum Gasteiger partial charge on any atom is 0.211 e. The van der Waals surface area contributed by atoms with E-state index in [0.29, 0.717) is 19.7 Å². The van der Waals surface area contributed by atoms with E-state index >= 15 is 0 Å². The Morgan fingerprint density at radius 3 is 1.74 bits per heavy atom. The van der Waals surface area contributed by atoms with Crippen LogP contribution in [0.25, 0.3) is 0 Å². The number of thioether (sulfide) groups is 8. The van der Waals surface area contributed by atoms with Crippen LogP contribution in [-0.2, 0) is 21.1 Å². The quantitative estimate of drug-likeness (QED) is 0.200. The second kappa shape index (κ2) is 16.6. The largest absolute Gasteiger partial charge is 0.282 e. The van der Waals surface area contributed by atoms with Gasteiger partial charge in [0.25, 0.3) is 0 Å². The van der Waals surface area contributed by atoms with E-state index in [4.69, 9.17) is 0 Å². The molecular formula is C24H30O2S8. The molecule has 0 bridgehead atoms. The summed E-state index contributed by atoms with van der Waals surface area (Å²) in [5, 5.41) is 1.32. The van der Waals surface area contributed by atoms with Crippen LogP contribution in [0.1, 0.15) is 11.1 Å². The molecule has 1 aromatic rings. The van der Waals surface area contributed by atoms with Gasteiger partial charge in [-0.25, -0.2) is 0 Å². The van der Waals surface area contributed by atoms with E-state index in [2.05, 4.69) is 37.4 Å². The molecule has 2 fully saturated rings. The highest BCUT2D eigenvalue weighted by Gasteiger charge is 2.27. The van der Waals surface area contributed by atoms with Crippen molar-refractivity contribution in [2.24, 2.45) is 0 Å². The van der Waals surface area contributed by atoms with Gasteiger partial charge in [-0.3, -0.25) is 9.59 Å². The molecule has 4 atom stereocenters. The molecule has 2 nitrogen and oxygen atoms in total. The Morgan fingerprint density at radius 1 is 0.824 bits per heavy atom. The third-order valence-corrected chi connectivity index (χ3v) is 16.9. The molecule has 0 radical (unpaired) electrons. The second-order valence-corrected chi connectivity index (χ2v) is 17.8. The molecule has 10 heteroatoms. The zero-order chi connectivity index (χ0) is 24.2. The number of benzene rings is 1. The summed E-state index contributed by atoms with van der Waals surface area (Å²) < 4.78 is 1.26. The second-order valence-electron chi connectivity index (χ2n) is 7.56. The maximum absolute atomic E-state index is 11.4. The van der Waals surface area contributed by atoms with Gasteiger partial charge in [0.15, 0.2) is 0 Å². The molecule has 2 heterocycles. The lowest BCUT2D eigenvalue weighted by Gasteiger charge is -2.11. The van der Waals surface area contributed by atoms with Gasteiger partial charge in [0.1, 0.15) is 0 Å². The number of rotatable bonds is 14. The van der Waals surface area contributed by atoms with Crippen LogP contribution in [0.4, 0.5) is 0 Å². The minimum Gasteiger partial charge on any atom is -0.282 e. The number of hydrogen-bond donors (Lipinski definition) is 0. The van der Waals surface area contributed by atoms with Crippen molar-refractivity contribution < 1.29 is 9.59 Å². The van der Waals surface area contributed by atoms with E-state index in [-0.39, 0.29) is 10.2 Å². The van der Waals surface area contributed by atoms with Gasteiger partial charge < -0.3 is 0 Å². The normalized spacial score (nSPS) is 24.2. The van der Waals surface area contributed by atoms with Crippen molar-refractivity contribution in [2.45, 2.75) is 31.2 Å². The molecule has 34 heavy (non-hydrogen) atoms. The van der Waals surface area contributed by atoms with E-state index in [9.17, 15) is 9.59 Å². The van der Waals surface area contributed by atoms with Gasteiger partial charge in [-0.05, 0) is 23.3 Å². The lowest BCUT2D eigenvalue weighted by molar-refractivity contribution is -0.107. The predicted molar refractivity (Wildman–Crippen MR) is 169 cm³/mol. The molecule has 0 aliphatic carbocycles. The van der Waals surface area contributed by atoms with Gasteiger partial charge in [0.2, 0.25) is 10.2 Å². The topological polar surface area (TPSA) is 34.1 Å². The Bertz CT molecular complexity index is 770. The third kappa shape index (κ3) is 11.1. The molecule has 2 aliphatic rings. The summed E-state index contributed by atoms with van der Waals surface area (Å²) in [6.45, 7) is 7.09. The van der Waals surface area contributed by atoms with Crippen LogP contribution >= 0.6 is 94.1 Å². The fourth-order valence-corrected chi connectivity index (χ4v) is 14.8. The third-order valence-electron chi connectivity index (χ3n) is 4.82. The fraction of sp³-hybridized carbons (Fsp3) is 0.500. The molecule has 0 spiro atoms. The lowest BCUT2D eigenvalue weighted by atomic mass is 10.2. The Morgan fingerprint density at radius 2 is 1.29 bits per heavy atom. The van der Waals surface area contributed by atoms with Gasteiger partial charge >= 0.3 is 0 Å². The molecule has 1 aromatic carbocycles. The van der Waals surface area contributed by atoms with Crippen LogP contribution in [0.5, 0.6) is 0 Å². The van der Waals surface area contributed by atoms with Gasteiger partial charge in [-0.15, -0.1) is 47.0 Å². The SMILES string of the molecule is C=CC(=O)SCC1CSC(CSCc2cccc(CSCC3SCC(CSC(=O)C=C)S3)c2)S1. The zero-order valence-electron chi connectivity index (χ0n) is 18.9. The van der Waals surface area contributed by atoms with E-state index < -0.39 is 0 Å². The first kappa shape index (κ1) is 29.4. The summed E-state index contributed by atoms with van der Waals surface area (Å²) in [6, 6.07) is 9.04. The molecule has 2 saturated heterocycles. The predicted octanol–water partition coefficient (Wildman–Crippen LogP) is 7.39. The number of carbonyl (C=O) groups is 2. The Balaban J connectivity index is 1.29. The van der Waals surface area contributed by atoms with Crippen LogP contribution in [0, 0.1) is 0 Å². The Labute approximate surface area is 238 Å². The molecule has 0 saturated carbocycles. The Kier molecular flexibility index (Phi) is 14.4. The summed E-state index contributed by atoms with van der Waals surface area (Å²) in [6.07, 6.45) is 2.82. The van der Waals surface area contributed by atoms with E-state index in [1.54, 1.807) is 0 Å². The highest BCUT2D eigenvalue weighted by Crippen LogP contribution is 2.42. The number of hydrogen-bond acceptors (Lipinski definition) is 10. The first-order valence-corrected chi connectivity index (χ1v) is 19.2. The zero-order valence-corrected chi connectivity index (χ0v) is 25.5. The maximum atomic E-state index is 11.4. The minimum absolute atomic E-state index is 0.0856. The van der Waals surface area contributed by atoms with Crippen molar-refractivity contribution in [1.29, 1.82) is 0 Å². The average Bonchev–Trinajstić information content (AvgIpc) is 3.50. The summed E-state index contributed by atoms with van der Waals surface area (Å²) >= 11 is 15.0. The van der Waals surface area contributed by atoms with Gasteiger partial charge in [0.05, 0.1) is 9.16 Å². The van der Waals surface area contributed by atoms with Crippen molar-refractivity contribution >= 4 is 104 Å². The van der Waals surface area contributed by atoms with E-state index in [1.807, 2.05) is 70.6 Å². The highest BCUT2D eigenvalue weighted by atomic mass is 32.2. The van der Waals surface area contributed by atoms with Gasteiger partial charge in [-0.2, -0.15) is 23.5 Å². The van der Waals surface area contributed by atoms with Crippen molar-refractivity contribution in [1.82, 2.24) is 0 Å². The van der Waals surface area contributed by atoms with Crippen LogP contribution in [0.15, 0.2) is 49.6 Å². The molecular weight excluding hydrogens is 577 g/mol. The first-order valence-electron chi connectivity index (χ1n) is 10.9. The summed E-state index contributed by atoms with van der Waals surface area (Å²) in [4.78, 5) is 22.8. The molecule has 186 valence electrons. The van der Waals surface area contributed by atoms with E-state index in [1.165, 1.54) is 46.8 Å². The van der Waals surface area contributed by atoms with Gasteiger partial charge in [-0.1, -0.05) is 60.9 Å². The number of carbonyl (C=O) groups excluding carboxylic acids is 2. The summed E-state index contributed by atoms with van der Waals surface area (Å²) in [5.41, 5.74) is 2.82. The van der Waals surface area contributed by atoms with Gasteiger partial charge in [0, 0.05) is 56.5 Å². The van der Waals surface area contributed by atoms with Crippen LogP contribution in [-0.4, -0.2) is 64.4 Å². The summed E-state index contributed by atoms with van der Waals surface area (Å²) in [7, 11) is 0. The molecule has 4 unspecified atom stereocenters. The van der Waals surface area contributed by atoms with Crippen molar-refractivity contribution in [3.63, 3.8) is 0 Å². The molecule has 3 rings (SSSR count). The van der Waals surface area contributed by atoms with Crippen LogP contribution in [0.3, 0.4) is 0 Å².